The first-order chi connectivity index (χ1) is 15.0. The van der Waals surface area contributed by atoms with E-state index in [2.05, 4.69) is 10.6 Å². The van der Waals surface area contributed by atoms with Crippen molar-refractivity contribution in [1.29, 1.82) is 0 Å². The molecule has 7 nitrogen and oxygen atoms in total. The van der Waals surface area contributed by atoms with E-state index in [0.717, 1.165) is 11.3 Å². The number of hydrogen-bond donors (Lipinski definition) is 2. The smallest absolute Gasteiger partial charge is 0.253 e. The molecule has 0 atom stereocenters. The highest BCUT2D eigenvalue weighted by molar-refractivity contribution is 5.94. The summed E-state index contributed by atoms with van der Waals surface area (Å²) in [7, 11) is 1.59. The maximum atomic E-state index is 13.0. The van der Waals surface area contributed by atoms with Crippen molar-refractivity contribution in [3.63, 3.8) is 0 Å². The zero-order chi connectivity index (χ0) is 22.2. The Bertz CT molecular complexity index is 907. The summed E-state index contributed by atoms with van der Waals surface area (Å²) < 4.78 is 18.1. The number of benzene rings is 2. The molecule has 164 valence electrons. The zero-order valence-corrected chi connectivity index (χ0v) is 17.4. The largest absolute Gasteiger partial charge is 0.497 e. The van der Waals surface area contributed by atoms with Gasteiger partial charge in [-0.25, -0.2) is 4.39 Å². The van der Waals surface area contributed by atoms with Gasteiger partial charge in [-0.3, -0.25) is 14.4 Å². The quantitative estimate of drug-likeness (QED) is 0.709. The molecule has 0 unspecified atom stereocenters. The number of nitrogens with one attached hydrogen (secondary N) is 2. The van der Waals surface area contributed by atoms with Crippen molar-refractivity contribution in [3.05, 3.63) is 65.5 Å². The number of nitrogens with zero attached hydrogens (tertiary/aromatic N) is 1. The van der Waals surface area contributed by atoms with Crippen LogP contribution in [0.2, 0.25) is 0 Å². The second-order valence-corrected chi connectivity index (χ2v) is 7.42. The van der Waals surface area contributed by atoms with Crippen molar-refractivity contribution in [2.45, 2.75) is 19.4 Å². The summed E-state index contributed by atoms with van der Waals surface area (Å²) in [6.45, 7) is 1.15. The van der Waals surface area contributed by atoms with Crippen LogP contribution in [-0.2, 0) is 16.1 Å². The minimum absolute atomic E-state index is 0.0935. The molecule has 0 spiro atoms. The van der Waals surface area contributed by atoms with Crippen molar-refractivity contribution in [1.82, 2.24) is 15.5 Å². The first-order valence-corrected chi connectivity index (χ1v) is 10.2. The number of carbonyl (C=O) groups excluding carboxylic acids is 3. The lowest BCUT2D eigenvalue weighted by Gasteiger charge is -2.31. The van der Waals surface area contributed by atoms with Crippen LogP contribution in [0.15, 0.2) is 48.5 Å². The molecule has 1 saturated heterocycles. The molecule has 1 aliphatic heterocycles. The van der Waals surface area contributed by atoms with E-state index < -0.39 is 0 Å². The van der Waals surface area contributed by atoms with E-state index in [1.807, 2.05) is 24.3 Å². The van der Waals surface area contributed by atoms with Gasteiger partial charge in [0.05, 0.1) is 13.7 Å². The van der Waals surface area contributed by atoms with Crippen LogP contribution in [0, 0.1) is 11.7 Å². The molecule has 2 aromatic carbocycles. The molecule has 1 fully saturated rings. The predicted octanol–water partition coefficient (Wildman–Crippen LogP) is 2.12. The number of amides is 3. The van der Waals surface area contributed by atoms with E-state index in [9.17, 15) is 18.8 Å². The molecule has 2 aromatic rings. The minimum Gasteiger partial charge on any atom is -0.497 e. The highest BCUT2D eigenvalue weighted by atomic mass is 19.1. The molecule has 3 rings (SSSR count). The standard InChI is InChI=1S/C23H26FN3O4/c1-31-20-8-2-16(3-9-20)14-25-21(28)15-26-22(29)17-10-12-27(13-11-17)23(30)18-4-6-19(24)7-5-18/h2-9,17H,10-15H2,1H3,(H,25,28)(H,26,29). The fourth-order valence-corrected chi connectivity index (χ4v) is 3.44. The van der Waals surface area contributed by atoms with E-state index in [4.69, 9.17) is 4.74 Å². The number of halogens is 1. The van der Waals surface area contributed by atoms with Crippen LogP contribution < -0.4 is 15.4 Å². The number of likely N-dealkylation sites (tertiary alicyclic amines) is 1. The number of ether oxygens (including phenoxy) is 1. The Morgan fingerprint density at radius 2 is 1.65 bits per heavy atom. The second-order valence-electron chi connectivity index (χ2n) is 7.42. The van der Waals surface area contributed by atoms with E-state index in [1.165, 1.54) is 24.3 Å². The van der Waals surface area contributed by atoms with Crippen molar-refractivity contribution in [3.8, 4) is 5.75 Å². The van der Waals surface area contributed by atoms with E-state index in [1.54, 1.807) is 12.0 Å². The van der Waals surface area contributed by atoms with Gasteiger partial charge < -0.3 is 20.3 Å². The highest BCUT2D eigenvalue weighted by Crippen LogP contribution is 2.19. The molecule has 8 heteroatoms. The Labute approximate surface area is 180 Å². The molecule has 31 heavy (non-hydrogen) atoms. The van der Waals surface area contributed by atoms with Crippen LogP contribution in [0.4, 0.5) is 4.39 Å². The van der Waals surface area contributed by atoms with E-state index in [-0.39, 0.29) is 36.0 Å². The molecular weight excluding hydrogens is 401 g/mol. The van der Waals surface area contributed by atoms with Crippen LogP contribution in [0.25, 0.3) is 0 Å². The maximum Gasteiger partial charge on any atom is 0.253 e. The lowest BCUT2D eigenvalue weighted by atomic mass is 9.95. The summed E-state index contributed by atoms with van der Waals surface area (Å²) in [5.41, 5.74) is 1.36. The summed E-state index contributed by atoms with van der Waals surface area (Å²) in [4.78, 5) is 38.5. The Morgan fingerprint density at radius 1 is 1.00 bits per heavy atom. The van der Waals surface area contributed by atoms with E-state index >= 15 is 0 Å². The van der Waals surface area contributed by atoms with Crippen LogP contribution in [0.3, 0.4) is 0 Å². The third kappa shape index (κ3) is 6.28. The first-order valence-electron chi connectivity index (χ1n) is 10.2. The number of piperidine rings is 1. The topological polar surface area (TPSA) is 87.7 Å². The van der Waals surface area contributed by atoms with Gasteiger partial charge in [-0.05, 0) is 54.8 Å². The van der Waals surface area contributed by atoms with Crippen LogP contribution in [0.1, 0.15) is 28.8 Å². The molecule has 2 N–H and O–H groups in total. The van der Waals surface area contributed by atoms with Gasteiger partial charge in [0.2, 0.25) is 11.8 Å². The van der Waals surface area contributed by atoms with Crippen LogP contribution in [-0.4, -0.2) is 49.4 Å². The fourth-order valence-electron chi connectivity index (χ4n) is 3.44. The Hall–Kier alpha value is -3.42. The first kappa shape index (κ1) is 22.3. The van der Waals surface area contributed by atoms with E-state index in [0.29, 0.717) is 38.0 Å². The van der Waals surface area contributed by atoms with Gasteiger partial charge in [-0.2, -0.15) is 0 Å². The molecule has 0 aliphatic carbocycles. The molecule has 1 aliphatic rings. The van der Waals surface area contributed by atoms with Gasteiger partial charge >= 0.3 is 0 Å². The van der Waals surface area contributed by atoms with Crippen molar-refractivity contribution in [2.24, 2.45) is 5.92 Å². The summed E-state index contributed by atoms with van der Waals surface area (Å²) >= 11 is 0. The zero-order valence-electron chi connectivity index (χ0n) is 17.4. The maximum absolute atomic E-state index is 13.0. The highest BCUT2D eigenvalue weighted by Gasteiger charge is 2.28. The van der Waals surface area contributed by atoms with Gasteiger partial charge in [0, 0.05) is 31.1 Å². The second kappa shape index (κ2) is 10.6. The van der Waals surface area contributed by atoms with Gasteiger partial charge in [0.1, 0.15) is 11.6 Å². The number of methoxy groups -OCH3 is 1. The van der Waals surface area contributed by atoms with Crippen LogP contribution in [0.5, 0.6) is 5.75 Å². The average molecular weight is 427 g/mol. The Balaban J connectivity index is 1.37. The third-order valence-electron chi connectivity index (χ3n) is 5.32. The fraction of sp³-hybridized carbons (Fsp3) is 0.348. The van der Waals surface area contributed by atoms with Crippen molar-refractivity contribution in [2.75, 3.05) is 26.7 Å². The number of hydrogen-bond acceptors (Lipinski definition) is 4. The van der Waals surface area contributed by atoms with Crippen LogP contribution >= 0.6 is 0 Å². The molecule has 0 aromatic heterocycles. The lowest BCUT2D eigenvalue weighted by molar-refractivity contribution is -0.129. The molecule has 0 bridgehead atoms. The monoisotopic (exact) mass is 427 g/mol. The number of carbonyl (C=O) groups is 3. The molecule has 3 amide bonds. The third-order valence-corrected chi connectivity index (χ3v) is 5.32. The average Bonchev–Trinajstić information content (AvgIpc) is 2.81. The van der Waals surface area contributed by atoms with Crippen molar-refractivity contribution >= 4 is 17.7 Å². The Kier molecular flexibility index (Phi) is 7.59. The lowest BCUT2D eigenvalue weighted by Crippen LogP contribution is -2.45. The molecule has 0 saturated carbocycles. The van der Waals surface area contributed by atoms with Gasteiger partial charge in [0.25, 0.3) is 5.91 Å². The molecular formula is C23H26FN3O4. The normalized spacial score (nSPS) is 14.1. The summed E-state index contributed by atoms with van der Waals surface area (Å²) in [6, 6.07) is 12.8. The predicted molar refractivity (Wildman–Crippen MR) is 113 cm³/mol. The molecule has 0 radical (unpaired) electrons. The summed E-state index contributed by atoms with van der Waals surface area (Å²) in [6.07, 6.45) is 1.04. The number of rotatable bonds is 7. The van der Waals surface area contributed by atoms with Gasteiger partial charge in [-0.1, -0.05) is 12.1 Å². The minimum atomic E-state index is -0.389. The van der Waals surface area contributed by atoms with Gasteiger partial charge in [-0.15, -0.1) is 0 Å². The Morgan fingerprint density at radius 3 is 2.26 bits per heavy atom. The summed E-state index contributed by atoms with van der Waals surface area (Å²) in [5, 5.41) is 5.44. The van der Waals surface area contributed by atoms with Gasteiger partial charge in [0.15, 0.2) is 0 Å². The SMILES string of the molecule is COc1ccc(CNC(=O)CNC(=O)C2CCN(C(=O)c3ccc(F)cc3)CC2)cc1. The van der Waals surface area contributed by atoms with Crippen molar-refractivity contribution < 1.29 is 23.5 Å². The molecule has 1 heterocycles. The summed E-state index contributed by atoms with van der Waals surface area (Å²) in [5.74, 6) is -0.516.